The van der Waals surface area contributed by atoms with Crippen molar-refractivity contribution in [2.75, 3.05) is 5.32 Å². The predicted octanol–water partition coefficient (Wildman–Crippen LogP) is 3.57. The van der Waals surface area contributed by atoms with E-state index in [-0.39, 0.29) is 17.5 Å². The van der Waals surface area contributed by atoms with Crippen LogP contribution in [0, 0.1) is 13.8 Å². The molecule has 3 rings (SSSR count). The normalized spacial score (nSPS) is 19.9. The standard InChI is InChI=1S/C19H20F3N3O2/c1-10-6-7-14(17(26)11(10)2)15-9-16(25-24-15)18(27)23-13-5-3-4-12(8-13)19(20,21)22/h3-8,15-16,24-26H,9H2,1-2H3,(H,23,27). The maximum absolute atomic E-state index is 12.8. The maximum atomic E-state index is 12.8. The van der Waals surface area contributed by atoms with Gasteiger partial charge >= 0.3 is 6.18 Å². The molecular formula is C19H20F3N3O2. The van der Waals surface area contributed by atoms with Gasteiger partial charge < -0.3 is 10.4 Å². The number of nitrogens with one attached hydrogen (secondary N) is 3. The van der Waals surface area contributed by atoms with Crippen molar-refractivity contribution in [1.82, 2.24) is 10.9 Å². The summed E-state index contributed by atoms with van der Waals surface area (Å²) >= 11 is 0. The minimum Gasteiger partial charge on any atom is -0.507 e. The van der Waals surface area contributed by atoms with Gasteiger partial charge in [0.25, 0.3) is 0 Å². The molecule has 0 aliphatic carbocycles. The second kappa shape index (κ2) is 7.21. The number of anilines is 1. The van der Waals surface area contributed by atoms with Gasteiger partial charge in [0.1, 0.15) is 11.8 Å². The third kappa shape index (κ3) is 4.06. The van der Waals surface area contributed by atoms with Crippen LogP contribution in [0.1, 0.15) is 34.7 Å². The number of phenolic OH excluding ortho intramolecular Hbond substituents is 1. The number of hydrogen-bond acceptors (Lipinski definition) is 4. The first kappa shape index (κ1) is 19.2. The molecule has 27 heavy (non-hydrogen) atoms. The van der Waals surface area contributed by atoms with Crippen molar-refractivity contribution in [3.05, 3.63) is 58.7 Å². The van der Waals surface area contributed by atoms with E-state index in [0.29, 0.717) is 12.0 Å². The maximum Gasteiger partial charge on any atom is 0.416 e. The van der Waals surface area contributed by atoms with Gasteiger partial charge in [0.2, 0.25) is 5.91 Å². The molecule has 0 spiro atoms. The van der Waals surface area contributed by atoms with Gasteiger partial charge in [-0.05, 0) is 49.6 Å². The number of aryl methyl sites for hydroxylation is 1. The number of hydrazine groups is 1. The molecule has 1 aliphatic rings. The van der Waals surface area contributed by atoms with Crippen LogP contribution in [0.15, 0.2) is 36.4 Å². The molecule has 1 aliphatic heterocycles. The van der Waals surface area contributed by atoms with Gasteiger partial charge in [-0.2, -0.15) is 13.2 Å². The predicted molar refractivity (Wildman–Crippen MR) is 95.1 cm³/mol. The monoisotopic (exact) mass is 379 g/mol. The molecule has 4 N–H and O–H groups in total. The SMILES string of the molecule is Cc1ccc(C2CC(C(=O)Nc3cccc(C(F)(F)F)c3)NN2)c(O)c1C. The summed E-state index contributed by atoms with van der Waals surface area (Å²) in [4.78, 5) is 12.4. The van der Waals surface area contributed by atoms with Crippen LogP contribution in [-0.4, -0.2) is 17.1 Å². The van der Waals surface area contributed by atoms with Crippen LogP contribution in [0.2, 0.25) is 0 Å². The summed E-state index contributed by atoms with van der Waals surface area (Å²) in [6.45, 7) is 3.71. The van der Waals surface area contributed by atoms with Crippen molar-refractivity contribution in [2.24, 2.45) is 0 Å². The highest BCUT2D eigenvalue weighted by Crippen LogP contribution is 2.34. The average molecular weight is 379 g/mol. The Kier molecular flexibility index (Phi) is 5.12. The van der Waals surface area contributed by atoms with Crippen LogP contribution in [-0.2, 0) is 11.0 Å². The number of benzene rings is 2. The smallest absolute Gasteiger partial charge is 0.416 e. The van der Waals surface area contributed by atoms with E-state index in [0.717, 1.165) is 23.3 Å². The molecule has 0 saturated carbocycles. The van der Waals surface area contributed by atoms with Crippen LogP contribution in [0.5, 0.6) is 5.75 Å². The summed E-state index contributed by atoms with van der Waals surface area (Å²) in [5.74, 6) is -0.277. The van der Waals surface area contributed by atoms with E-state index >= 15 is 0 Å². The topological polar surface area (TPSA) is 73.4 Å². The van der Waals surface area contributed by atoms with Crippen LogP contribution < -0.4 is 16.2 Å². The molecule has 0 bridgehead atoms. The van der Waals surface area contributed by atoms with Crippen molar-refractivity contribution in [2.45, 2.75) is 38.5 Å². The molecule has 1 fully saturated rings. The first-order valence-corrected chi connectivity index (χ1v) is 8.45. The number of phenols is 1. The Morgan fingerprint density at radius 1 is 1.19 bits per heavy atom. The number of aromatic hydroxyl groups is 1. The molecule has 144 valence electrons. The zero-order valence-corrected chi connectivity index (χ0v) is 14.8. The van der Waals surface area contributed by atoms with E-state index in [9.17, 15) is 23.1 Å². The zero-order valence-electron chi connectivity index (χ0n) is 14.8. The number of halogens is 3. The van der Waals surface area contributed by atoms with Crippen LogP contribution >= 0.6 is 0 Å². The highest BCUT2D eigenvalue weighted by atomic mass is 19.4. The molecular weight excluding hydrogens is 359 g/mol. The van der Waals surface area contributed by atoms with Gasteiger partial charge in [-0.1, -0.05) is 18.2 Å². The first-order chi connectivity index (χ1) is 12.7. The summed E-state index contributed by atoms with van der Waals surface area (Å²) < 4.78 is 38.4. The van der Waals surface area contributed by atoms with E-state index in [4.69, 9.17) is 0 Å². The van der Waals surface area contributed by atoms with Crippen molar-refractivity contribution in [1.29, 1.82) is 0 Å². The number of amides is 1. The van der Waals surface area contributed by atoms with E-state index in [1.165, 1.54) is 12.1 Å². The number of rotatable bonds is 3. The minimum absolute atomic E-state index is 0.0779. The van der Waals surface area contributed by atoms with E-state index in [2.05, 4.69) is 16.2 Å². The van der Waals surface area contributed by atoms with E-state index in [1.54, 1.807) is 6.07 Å². The van der Waals surface area contributed by atoms with Crippen LogP contribution in [0.3, 0.4) is 0 Å². The quantitative estimate of drug-likeness (QED) is 0.658. The molecule has 2 aromatic rings. The second-order valence-corrected chi connectivity index (χ2v) is 6.64. The fraction of sp³-hybridized carbons (Fsp3) is 0.316. The van der Waals surface area contributed by atoms with E-state index in [1.807, 2.05) is 19.9 Å². The first-order valence-electron chi connectivity index (χ1n) is 8.45. The molecule has 1 saturated heterocycles. The molecule has 1 heterocycles. The molecule has 0 radical (unpaired) electrons. The Balaban J connectivity index is 1.69. The molecule has 2 unspecified atom stereocenters. The summed E-state index contributed by atoms with van der Waals surface area (Å²) in [5.41, 5.74) is 7.45. The highest BCUT2D eigenvalue weighted by molar-refractivity contribution is 5.95. The van der Waals surface area contributed by atoms with Crippen LogP contribution in [0.25, 0.3) is 0 Å². The van der Waals surface area contributed by atoms with Gasteiger partial charge in [0.15, 0.2) is 0 Å². The summed E-state index contributed by atoms with van der Waals surface area (Å²) in [7, 11) is 0. The number of carbonyl (C=O) groups is 1. The van der Waals surface area contributed by atoms with Crippen LogP contribution in [0.4, 0.5) is 18.9 Å². The van der Waals surface area contributed by atoms with Crippen molar-refractivity contribution in [3.63, 3.8) is 0 Å². The largest absolute Gasteiger partial charge is 0.507 e. The van der Waals surface area contributed by atoms with Crippen molar-refractivity contribution < 1.29 is 23.1 Å². The fourth-order valence-corrected chi connectivity index (χ4v) is 3.04. The number of hydrogen-bond donors (Lipinski definition) is 4. The van der Waals surface area contributed by atoms with Gasteiger partial charge in [0.05, 0.1) is 11.6 Å². The summed E-state index contributed by atoms with van der Waals surface area (Å²) in [6.07, 6.45) is -4.12. The van der Waals surface area contributed by atoms with Crippen molar-refractivity contribution >= 4 is 11.6 Å². The Bertz CT molecular complexity index is 868. The Morgan fingerprint density at radius 2 is 1.93 bits per heavy atom. The summed E-state index contributed by atoms with van der Waals surface area (Å²) in [6, 6.07) is 7.24. The lowest BCUT2D eigenvalue weighted by Gasteiger charge is -2.15. The average Bonchev–Trinajstić information content (AvgIpc) is 3.09. The van der Waals surface area contributed by atoms with Gasteiger partial charge in [0, 0.05) is 11.3 Å². The van der Waals surface area contributed by atoms with Gasteiger partial charge in [-0.15, -0.1) is 0 Å². The number of alkyl halides is 3. The molecule has 2 aromatic carbocycles. The minimum atomic E-state index is -4.47. The second-order valence-electron chi connectivity index (χ2n) is 6.64. The molecule has 5 nitrogen and oxygen atoms in total. The van der Waals surface area contributed by atoms with E-state index < -0.39 is 23.7 Å². The summed E-state index contributed by atoms with van der Waals surface area (Å²) in [5, 5.41) is 12.8. The highest BCUT2D eigenvalue weighted by Gasteiger charge is 2.33. The lowest BCUT2D eigenvalue weighted by molar-refractivity contribution is -0.137. The Labute approximate surface area is 154 Å². The lowest BCUT2D eigenvalue weighted by Crippen LogP contribution is -2.39. The molecule has 8 heteroatoms. The molecule has 0 aromatic heterocycles. The Morgan fingerprint density at radius 3 is 2.63 bits per heavy atom. The third-order valence-corrected chi connectivity index (χ3v) is 4.79. The van der Waals surface area contributed by atoms with Crippen molar-refractivity contribution in [3.8, 4) is 5.75 Å². The number of carbonyl (C=O) groups excluding carboxylic acids is 1. The molecule has 1 amide bonds. The zero-order chi connectivity index (χ0) is 19.8. The molecule has 2 atom stereocenters. The van der Waals surface area contributed by atoms with Gasteiger partial charge in [-0.25, -0.2) is 10.9 Å². The fourth-order valence-electron chi connectivity index (χ4n) is 3.04. The third-order valence-electron chi connectivity index (χ3n) is 4.79. The van der Waals surface area contributed by atoms with Gasteiger partial charge in [-0.3, -0.25) is 4.79 Å². The Hall–Kier alpha value is -2.58. The lowest BCUT2D eigenvalue weighted by atomic mass is 9.96.